The summed E-state index contributed by atoms with van der Waals surface area (Å²) >= 11 is 0. The van der Waals surface area contributed by atoms with E-state index in [2.05, 4.69) is 37.4 Å². The van der Waals surface area contributed by atoms with Gasteiger partial charge < -0.3 is 0 Å². The summed E-state index contributed by atoms with van der Waals surface area (Å²) in [6.07, 6.45) is 7.25. The molecule has 0 radical (unpaired) electrons. The Morgan fingerprint density at radius 2 is 1.26 bits per heavy atom. The minimum absolute atomic E-state index is 0.342. The van der Waals surface area contributed by atoms with E-state index in [1.54, 1.807) is 6.07 Å². The van der Waals surface area contributed by atoms with Crippen LogP contribution in [-0.4, -0.2) is 23.0 Å². The summed E-state index contributed by atoms with van der Waals surface area (Å²) in [5.74, 6) is -1.02. The van der Waals surface area contributed by atoms with Crippen LogP contribution in [0.1, 0.15) is 43.7 Å². The molecular formula is C34H30N2O2. The summed E-state index contributed by atoms with van der Waals surface area (Å²) in [6.45, 7) is 15.8. The van der Waals surface area contributed by atoms with Crippen molar-refractivity contribution < 1.29 is 9.59 Å². The van der Waals surface area contributed by atoms with Crippen LogP contribution in [0.2, 0.25) is 0 Å². The van der Waals surface area contributed by atoms with Gasteiger partial charge in [-0.25, -0.2) is 9.98 Å². The fourth-order valence-corrected chi connectivity index (χ4v) is 5.52. The first-order valence-corrected chi connectivity index (χ1v) is 12.8. The van der Waals surface area contributed by atoms with Gasteiger partial charge >= 0.3 is 0 Å². The predicted octanol–water partition coefficient (Wildman–Crippen LogP) is 5.63. The summed E-state index contributed by atoms with van der Waals surface area (Å²) in [7, 11) is 0. The molecule has 0 aliphatic heterocycles. The van der Waals surface area contributed by atoms with Crippen LogP contribution in [0.4, 0.5) is 11.4 Å². The highest BCUT2D eigenvalue weighted by Crippen LogP contribution is 2.31. The van der Waals surface area contributed by atoms with Crippen LogP contribution in [0.5, 0.6) is 0 Å². The monoisotopic (exact) mass is 498 g/mol. The Labute approximate surface area is 223 Å². The maximum Gasteiger partial charge on any atom is 0.236 e. The van der Waals surface area contributed by atoms with E-state index in [1.807, 2.05) is 58.1 Å². The number of rotatable bonds is 6. The van der Waals surface area contributed by atoms with Gasteiger partial charge in [-0.3, -0.25) is 9.59 Å². The third-order valence-electron chi connectivity index (χ3n) is 7.11. The van der Waals surface area contributed by atoms with Crippen LogP contribution < -0.4 is 10.4 Å². The van der Waals surface area contributed by atoms with E-state index in [0.29, 0.717) is 27.8 Å². The maximum atomic E-state index is 13.4. The van der Waals surface area contributed by atoms with Gasteiger partial charge in [0.15, 0.2) is 0 Å². The Balaban J connectivity index is 1.81. The molecule has 2 aliphatic rings. The molecule has 0 aromatic heterocycles. The minimum Gasteiger partial charge on any atom is -0.285 e. The summed E-state index contributed by atoms with van der Waals surface area (Å²) in [5, 5.41) is 1.47. The number of Topliss-reactive ketones (excluding diaryl/α,β-unsaturated/α-hetero) is 2. The lowest BCUT2D eigenvalue weighted by molar-refractivity contribution is -0.109. The lowest BCUT2D eigenvalue weighted by Gasteiger charge is -2.16. The molecule has 2 aliphatic carbocycles. The molecule has 0 fully saturated rings. The normalized spacial score (nSPS) is 16.2. The molecule has 0 amide bonds. The summed E-state index contributed by atoms with van der Waals surface area (Å²) < 4.78 is 0. The number of carbonyl (C=O) groups excluding carboxylic acids is 2. The van der Waals surface area contributed by atoms with Gasteiger partial charge in [-0.05, 0) is 85.2 Å². The van der Waals surface area contributed by atoms with E-state index < -0.39 is 11.6 Å². The zero-order valence-corrected chi connectivity index (χ0v) is 22.3. The lowest BCUT2D eigenvalue weighted by atomic mass is 9.95. The first-order chi connectivity index (χ1) is 18.2. The molecule has 0 saturated heterocycles. The second kappa shape index (κ2) is 9.79. The fraction of sp³-hybridized carbons (Fsp3) is 0.176. The number of hydrogen-bond acceptors (Lipinski definition) is 4. The molecule has 188 valence electrons. The molecule has 0 bridgehead atoms. The van der Waals surface area contributed by atoms with Crippen molar-refractivity contribution in [2.24, 2.45) is 9.98 Å². The number of ketones is 2. The van der Waals surface area contributed by atoms with E-state index >= 15 is 0 Å². The predicted molar refractivity (Wildman–Crippen MR) is 157 cm³/mol. The van der Waals surface area contributed by atoms with Gasteiger partial charge in [0.05, 0.1) is 22.7 Å². The molecule has 0 unspecified atom stereocenters. The van der Waals surface area contributed by atoms with Crippen molar-refractivity contribution in [1.82, 2.24) is 0 Å². The molecule has 0 saturated carbocycles. The molecule has 0 heterocycles. The Bertz CT molecular complexity index is 1720. The van der Waals surface area contributed by atoms with Crippen LogP contribution in [0.25, 0.3) is 11.6 Å². The van der Waals surface area contributed by atoms with Crippen LogP contribution in [0, 0.1) is 27.7 Å². The first kappa shape index (κ1) is 25.2. The third-order valence-corrected chi connectivity index (χ3v) is 7.11. The van der Waals surface area contributed by atoms with E-state index in [1.165, 1.54) is 5.56 Å². The van der Waals surface area contributed by atoms with Gasteiger partial charge in [0.1, 0.15) is 5.71 Å². The van der Waals surface area contributed by atoms with Crippen molar-refractivity contribution >= 4 is 46.0 Å². The number of aliphatic imine (C=N–C) groups is 2. The number of allylic oxidation sites excluding steroid dienone is 2. The van der Waals surface area contributed by atoms with Gasteiger partial charge in [-0.2, -0.15) is 0 Å². The van der Waals surface area contributed by atoms with Gasteiger partial charge in [0.25, 0.3) is 0 Å². The molecule has 3 aromatic carbocycles. The van der Waals surface area contributed by atoms with Crippen molar-refractivity contribution in [1.29, 1.82) is 0 Å². The number of carbonyl (C=O) groups is 2. The van der Waals surface area contributed by atoms with Crippen LogP contribution in [0.3, 0.4) is 0 Å². The van der Waals surface area contributed by atoms with Crippen LogP contribution in [-0.2, 0) is 17.6 Å². The molecule has 4 nitrogen and oxygen atoms in total. The Morgan fingerprint density at radius 1 is 0.737 bits per heavy atom. The van der Waals surface area contributed by atoms with Crippen LogP contribution >= 0.6 is 0 Å². The van der Waals surface area contributed by atoms with Gasteiger partial charge in [0, 0.05) is 10.8 Å². The van der Waals surface area contributed by atoms with E-state index in [-0.39, 0.29) is 0 Å². The van der Waals surface area contributed by atoms with Crippen LogP contribution in [0.15, 0.2) is 77.8 Å². The number of aryl methyl sites for hydroxylation is 4. The van der Waals surface area contributed by atoms with Crippen molar-refractivity contribution in [3.63, 3.8) is 0 Å². The summed E-state index contributed by atoms with van der Waals surface area (Å²) in [6, 6.07) is 13.9. The topological polar surface area (TPSA) is 58.9 Å². The van der Waals surface area contributed by atoms with E-state index in [4.69, 9.17) is 9.98 Å². The highest BCUT2D eigenvalue weighted by molar-refractivity contribution is 6.80. The van der Waals surface area contributed by atoms with Crippen molar-refractivity contribution in [2.75, 3.05) is 0 Å². The minimum atomic E-state index is -0.527. The summed E-state index contributed by atoms with van der Waals surface area (Å²) in [4.78, 5) is 36.5. The Morgan fingerprint density at radius 3 is 1.79 bits per heavy atom. The van der Waals surface area contributed by atoms with E-state index in [0.717, 1.165) is 57.3 Å². The second-order valence-electron chi connectivity index (χ2n) is 10.0. The smallest absolute Gasteiger partial charge is 0.236 e. The lowest BCUT2D eigenvalue weighted by Crippen LogP contribution is -2.37. The molecule has 3 aromatic rings. The molecule has 38 heavy (non-hydrogen) atoms. The Kier molecular flexibility index (Phi) is 6.50. The van der Waals surface area contributed by atoms with E-state index in [9.17, 15) is 9.59 Å². The molecule has 0 N–H and O–H groups in total. The number of hydrogen-bond donors (Lipinski definition) is 0. The SMILES string of the molecule is C=CCc1cc(C)c(N=C2C=c3cccc4c3=C(C(=O)C4=O)C2=Nc2c(C)cc(CC=C)cc2C)c(C)c1. The fourth-order valence-electron chi connectivity index (χ4n) is 5.52. The zero-order valence-electron chi connectivity index (χ0n) is 22.3. The maximum absolute atomic E-state index is 13.4. The van der Waals surface area contributed by atoms with Gasteiger partial charge in [-0.1, -0.05) is 54.6 Å². The van der Waals surface area contributed by atoms with Crippen molar-refractivity contribution in [2.45, 2.75) is 40.5 Å². The van der Waals surface area contributed by atoms with Crippen molar-refractivity contribution in [3.8, 4) is 0 Å². The average Bonchev–Trinajstić information content (AvgIpc) is 3.12. The van der Waals surface area contributed by atoms with Crippen molar-refractivity contribution in [3.05, 3.63) is 117 Å². The van der Waals surface area contributed by atoms with Gasteiger partial charge in [0.2, 0.25) is 11.6 Å². The quantitative estimate of drug-likeness (QED) is 0.327. The standard InChI is InChI=1S/C34H30N2O2/c1-7-10-23-14-19(3)30(20(4)15-23)35-27-18-25-12-9-13-26-28(25)29(34(38)33(26)37)32(27)36-31-21(5)16-24(11-8-2)17-22(31)6/h7-9,12-18H,1-2,10-11H2,3-6H3. The second-order valence-corrected chi connectivity index (χ2v) is 10.0. The molecule has 0 spiro atoms. The third kappa shape index (κ3) is 4.22. The highest BCUT2D eigenvalue weighted by Gasteiger charge is 2.36. The molecular weight excluding hydrogens is 468 g/mol. The summed E-state index contributed by atoms with van der Waals surface area (Å²) in [5.41, 5.74) is 9.78. The number of nitrogens with zero attached hydrogens (tertiary/aromatic N) is 2. The largest absolute Gasteiger partial charge is 0.285 e. The first-order valence-electron chi connectivity index (χ1n) is 12.8. The Hall–Kier alpha value is -4.44. The molecule has 0 atom stereocenters. The molecule has 4 heteroatoms. The average molecular weight is 499 g/mol. The number of benzene rings is 3. The highest BCUT2D eigenvalue weighted by atomic mass is 16.2. The zero-order chi connectivity index (χ0) is 27.1. The molecule has 5 rings (SSSR count). The van der Waals surface area contributed by atoms with Gasteiger partial charge in [-0.15, -0.1) is 13.2 Å².